The van der Waals surface area contributed by atoms with E-state index in [0.717, 1.165) is 26.1 Å². The number of fused-ring (bicyclic) bond motifs is 1. The van der Waals surface area contributed by atoms with E-state index in [1.54, 1.807) is 16.8 Å². The van der Waals surface area contributed by atoms with Gasteiger partial charge in [-0.2, -0.15) is 9.78 Å². The molecule has 0 unspecified atom stereocenters. The third kappa shape index (κ3) is 3.65. The first-order chi connectivity index (χ1) is 13.5. The second kappa shape index (κ2) is 7.73. The Morgan fingerprint density at radius 3 is 2.86 bits per heavy atom. The van der Waals surface area contributed by atoms with Crippen LogP contribution in [0.4, 0.5) is 5.82 Å². The van der Waals surface area contributed by atoms with E-state index < -0.39 is 0 Å². The highest BCUT2D eigenvalue weighted by Crippen LogP contribution is 2.32. The van der Waals surface area contributed by atoms with E-state index in [1.807, 2.05) is 50.2 Å². The van der Waals surface area contributed by atoms with Crippen LogP contribution in [-0.2, 0) is 0 Å². The Labute approximate surface area is 174 Å². The molecule has 8 heteroatoms. The molecule has 0 saturated carbocycles. The average molecular weight is 457 g/mol. The van der Waals surface area contributed by atoms with Crippen LogP contribution in [0.2, 0.25) is 0 Å². The molecule has 0 fully saturated rings. The van der Waals surface area contributed by atoms with Crippen LogP contribution in [0.3, 0.4) is 0 Å². The predicted octanol–water partition coefficient (Wildman–Crippen LogP) is 5.20. The minimum absolute atomic E-state index is 0.210. The summed E-state index contributed by atoms with van der Waals surface area (Å²) in [5.41, 5.74) is 2.14. The van der Waals surface area contributed by atoms with E-state index in [9.17, 15) is 4.79 Å². The lowest BCUT2D eigenvalue weighted by atomic mass is 10.2. The number of amides is 1. The molecule has 2 aromatic heterocycles. The molecule has 0 saturated heterocycles. The van der Waals surface area contributed by atoms with Gasteiger partial charge in [0.1, 0.15) is 17.1 Å². The Balaban J connectivity index is 1.71. The van der Waals surface area contributed by atoms with Crippen molar-refractivity contribution in [1.29, 1.82) is 0 Å². The molecule has 1 amide bonds. The zero-order valence-electron chi connectivity index (χ0n) is 15.3. The van der Waals surface area contributed by atoms with Crippen LogP contribution in [0.15, 0.2) is 53.0 Å². The predicted molar refractivity (Wildman–Crippen MR) is 115 cm³/mol. The summed E-state index contributed by atoms with van der Waals surface area (Å²) >= 11 is 4.89. The maximum absolute atomic E-state index is 12.7. The van der Waals surface area contributed by atoms with Gasteiger partial charge in [-0.15, -0.1) is 0 Å². The third-order valence-corrected chi connectivity index (χ3v) is 5.50. The summed E-state index contributed by atoms with van der Waals surface area (Å²) in [6.45, 7) is 4.39. The van der Waals surface area contributed by atoms with Crippen LogP contribution in [0.5, 0.6) is 5.75 Å². The lowest BCUT2D eigenvalue weighted by molar-refractivity contribution is 0.102. The number of carbonyl (C=O) groups is 1. The lowest BCUT2D eigenvalue weighted by Gasteiger charge is -2.07. The van der Waals surface area contributed by atoms with Gasteiger partial charge in [0.15, 0.2) is 0 Å². The molecule has 0 aliphatic carbocycles. The largest absolute Gasteiger partial charge is 0.492 e. The Morgan fingerprint density at radius 1 is 1.25 bits per heavy atom. The van der Waals surface area contributed by atoms with E-state index in [1.165, 1.54) is 11.3 Å². The fraction of sp³-hybridized carbons (Fsp3) is 0.150. The summed E-state index contributed by atoms with van der Waals surface area (Å²) in [6, 6.07) is 14.9. The van der Waals surface area contributed by atoms with Crippen LogP contribution in [0, 0.1) is 6.92 Å². The first-order valence-electron chi connectivity index (χ1n) is 8.71. The van der Waals surface area contributed by atoms with Gasteiger partial charge >= 0.3 is 0 Å². The van der Waals surface area contributed by atoms with E-state index in [0.29, 0.717) is 23.1 Å². The Kier molecular flexibility index (Phi) is 5.15. The third-order valence-electron chi connectivity index (χ3n) is 4.01. The quantitative estimate of drug-likeness (QED) is 0.447. The number of anilines is 1. The number of carbonyl (C=O) groups excluding carboxylic acids is 1. The molecular formula is C20H17BrN4O2S. The van der Waals surface area contributed by atoms with Crippen molar-refractivity contribution in [2.45, 2.75) is 13.8 Å². The first kappa shape index (κ1) is 18.6. The molecular weight excluding hydrogens is 440 g/mol. The number of thiazole rings is 1. The van der Waals surface area contributed by atoms with Gasteiger partial charge in [-0.1, -0.05) is 39.4 Å². The fourth-order valence-corrected chi connectivity index (χ4v) is 4.17. The van der Waals surface area contributed by atoms with Gasteiger partial charge < -0.3 is 10.1 Å². The summed E-state index contributed by atoms with van der Waals surface area (Å²) < 4.78 is 9.18. The number of benzene rings is 2. The summed E-state index contributed by atoms with van der Waals surface area (Å²) in [4.78, 5) is 17.4. The van der Waals surface area contributed by atoms with Gasteiger partial charge in [0.25, 0.3) is 5.91 Å². The van der Waals surface area contributed by atoms with Crippen LogP contribution in [0.25, 0.3) is 15.3 Å². The van der Waals surface area contributed by atoms with E-state index in [-0.39, 0.29) is 5.91 Å². The van der Waals surface area contributed by atoms with E-state index in [4.69, 9.17) is 9.72 Å². The van der Waals surface area contributed by atoms with E-state index in [2.05, 4.69) is 26.3 Å². The van der Waals surface area contributed by atoms with Crippen LogP contribution in [0.1, 0.15) is 23.0 Å². The molecule has 0 aliphatic heterocycles. The van der Waals surface area contributed by atoms with Gasteiger partial charge in [0.2, 0.25) is 5.13 Å². The molecule has 6 nitrogen and oxygen atoms in total. The number of nitrogens with zero attached hydrogens (tertiary/aromatic N) is 3. The highest BCUT2D eigenvalue weighted by atomic mass is 79.9. The molecule has 2 heterocycles. The summed E-state index contributed by atoms with van der Waals surface area (Å²) in [7, 11) is 0. The number of ether oxygens (including phenoxy) is 1. The van der Waals surface area contributed by atoms with Crippen molar-refractivity contribution in [2.24, 2.45) is 0 Å². The molecule has 142 valence electrons. The SMILES string of the molecule is CCOc1cccc2sc(-n3nc(C)cc3NC(=O)c3cccc(Br)c3)nc12. The number of rotatable bonds is 5. The number of hydrogen-bond donors (Lipinski definition) is 1. The van der Waals surface area contributed by atoms with Gasteiger partial charge in [-0.25, -0.2) is 4.98 Å². The molecule has 0 bridgehead atoms. The molecule has 28 heavy (non-hydrogen) atoms. The molecule has 2 aromatic carbocycles. The van der Waals surface area contributed by atoms with Gasteiger partial charge in [0.05, 0.1) is 17.0 Å². The molecule has 4 rings (SSSR count). The topological polar surface area (TPSA) is 69.0 Å². The zero-order valence-corrected chi connectivity index (χ0v) is 17.7. The number of nitrogens with one attached hydrogen (secondary N) is 1. The van der Waals surface area contributed by atoms with Gasteiger partial charge in [-0.05, 0) is 44.2 Å². The molecule has 0 spiro atoms. The van der Waals surface area contributed by atoms with Crippen molar-refractivity contribution in [3.8, 4) is 10.9 Å². The monoisotopic (exact) mass is 456 g/mol. The second-order valence-corrected chi connectivity index (χ2v) is 8.00. The van der Waals surface area contributed by atoms with Crippen molar-refractivity contribution in [3.63, 3.8) is 0 Å². The molecule has 4 aromatic rings. The molecule has 1 N–H and O–H groups in total. The number of halogens is 1. The molecule has 0 radical (unpaired) electrons. The smallest absolute Gasteiger partial charge is 0.256 e. The number of para-hydroxylation sites is 1. The average Bonchev–Trinajstić information content (AvgIpc) is 3.25. The van der Waals surface area contributed by atoms with Gasteiger partial charge in [0, 0.05) is 16.1 Å². The highest BCUT2D eigenvalue weighted by molar-refractivity contribution is 9.10. The lowest BCUT2D eigenvalue weighted by Crippen LogP contribution is -2.15. The van der Waals surface area contributed by atoms with Crippen LogP contribution < -0.4 is 10.1 Å². The minimum atomic E-state index is -0.210. The Morgan fingerprint density at radius 2 is 2.07 bits per heavy atom. The Bertz CT molecular complexity index is 1170. The fourth-order valence-electron chi connectivity index (χ4n) is 2.83. The summed E-state index contributed by atoms with van der Waals surface area (Å²) in [5.74, 6) is 1.10. The van der Waals surface area contributed by atoms with Gasteiger partial charge in [-0.3, -0.25) is 4.79 Å². The van der Waals surface area contributed by atoms with Crippen LogP contribution in [-0.4, -0.2) is 27.3 Å². The number of aromatic nitrogens is 3. The zero-order chi connectivity index (χ0) is 19.7. The Hall–Kier alpha value is -2.71. The van der Waals surface area contributed by atoms with Crippen molar-refractivity contribution in [2.75, 3.05) is 11.9 Å². The van der Waals surface area contributed by atoms with E-state index >= 15 is 0 Å². The maximum atomic E-state index is 12.7. The standard InChI is InChI=1S/C20H17BrN4O2S/c1-3-27-15-8-5-9-16-18(15)23-20(28-16)25-17(10-12(2)24-25)22-19(26)13-6-4-7-14(21)11-13/h4-11H,3H2,1-2H3,(H,22,26). The van der Waals surface area contributed by atoms with Crippen molar-refractivity contribution >= 4 is 49.2 Å². The van der Waals surface area contributed by atoms with Crippen molar-refractivity contribution < 1.29 is 9.53 Å². The number of hydrogen-bond acceptors (Lipinski definition) is 5. The normalized spacial score (nSPS) is 11.0. The van der Waals surface area contributed by atoms with Crippen molar-refractivity contribution in [1.82, 2.24) is 14.8 Å². The van der Waals surface area contributed by atoms with Crippen LogP contribution >= 0.6 is 27.3 Å². The summed E-state index contributed by atoms with van der Waals surface area (Å²) in [6.07, 6.45) is 0. The maximum Gasteiger partial charge on any atom is 0.256 e. The van der Waals surface area contributed by atoms with Crippen molar-refractivity contribution in [3.05, 3.63) is 64.3 Å². The molecule has 0 atom stereocenters. The summed E-state index contributed by atoms with van der Waals surface area (Å²) in [5, 5.41) is 8.12. The highest BCUT2D eigenvalue weighted by Gasteiger charge is 2.17. The number of aryl methyl sites for hydroxylation is 1. The second-order valence-electron chi connectivity index (χ2n) is 6.08. The minimum Gasteiger partial charge on any atom is -0.492 e. The first-order valence-corrected chi connectivity index (χ1v) is 10.3. The molecule has 0 aliphatic rings.